The topological polar surface area (TPSA) is 24.9 Å². The van der Waals surface area contributed by atoms with Gasteiger partial charge in [-0.05, 0) is 42.4 Å². The molecule has 0 saturated heterocycles. The van der Waals surface area contributed by atoms with Crippen molar-refractivity contribution in [3.05, 3.63) is 63.1 Å². The van der Waals surface area contributed by atoms with Gasteiger partial charge >= 0.3 is 0 Å². The van der Waals surface area contributed by atoms with Gasteiger partial charge < -0.3 is 5.32 Å². The first-order chi connectivity index (χ1) is 8.61. The molecule has 0 amide bonds. The number of pyridine rings is 1. The molecule has 2 nitrogen and oxygen atoms in total. The van der Waals surface area contributed by atoms with Crippen LogP contribution >= 0.6 is 27.5 Å². The van der Waals surface area contributed by atoms with Crippen molar-refractivity contribution in [2.45, 2.75) is 6.04 Å². The van der Waals surface area contributed by atoms with Crippen molar-refractivity contribution in [2.24, 2.45) is 0 Å². The number of rotatable bonds is 3. The average Bonchev–Trinajstić information content (AvgIpc) is 2.35. The van der Waals surface area contributed by atoms with Crippen molar-refractivity contribution in [3.8, 4) is 0 Å². The maximum atomic E-state index is 13.2. The monoisotopic (exact) mass is 328 g/mol. The van der Waals surface area contributed by atoms with Gasteiger partial charge in [-0.1, -0.05) is 27.5 Å². The van der Waals surface area contributed by atoms with Gasteiger partial charge in [-0.2, -0.15) is 0 Å². The van der Waals surface area contributed by atoms with Gasteiger partial charge in [0.05, 0.1) is 12.2 Å². The molecule has 0 aliphatic carbocycles. The van der Waals surface area contributed by atoms with Crippen molar-refractivity contribution in [3.63, 3.8) is 0 Å². The van der Waals surface area contributed by atoms with E-state index in [9.17, 15) is 4.39 Å². The van der Waals surface area contributed by atoms with Crippen LogP contribution in [0.2, 0.25) is 5.02 Å². The van der Waals surface area contributed by atoms with E-state index in [2.05, 4.69) is 26.2 Å². The lowest BCUT2D eigenvalue weighted by atomic mass is 10.0. The Morgan fingerprint density at radius 2 is 2.11 bits per heavy atom. The summed E-state index contributed by atoms with van der Waals surface area (Å²) in [7, 11) is 1.80. The Kier molecular flexibility index (Phi) is 4.32. The zero-order valence-electron chi connectivity index (χ0n) is 9.62. The summed E-state index contributed by atoms with van der Waals surface area (Å²) in [6, 6.07) is 6.83. The highest BCUT2D eigenvalue weighted by Gasteiger charge is 2.16. The molecule has 0 spiro atoms. The fraction of sp³-hybridized carbons (Fsp3) is 0.154. The lowest BCUT2D eigenvalue weighted by molar-refractivity contribution is 0.608. The molecule has 1 aromatic carbocycles. The van der Waals surface area contributed by atoms with E-state index in [-0.39, 0.29) is 11.9 Å². The average molecular weight is 330 g/mol. The number of benzene rings is 1. The van der Waals surface area contributed by atoms with Crippen LogP contribution in [0.5, 0.6) is 0 Å². The summed E-state index contributed by atoms with van der Waals surface area (Å²) in [6.07, 6.45) is 2.81. The summed E-state index contributed by atoms with van der Waals surface area (Å²) in [5.74, 6) is -0.362. The molecule has 2 aromatic rings. The van der Waals surface area contributed by atoms with Gasteiger partial charge in [0, 0.05) is 15.7 Å². The number of nitrogens with zero attached hydrogens (tertiary/aromatic N) is 1. The number of hydrogen-bond donors (Lipinski definition) is 1. The number of nitrogens with one attached hydrogen (secondary N) is 1. The minimum Gasteiger partial charge on any atom is -0.309 e. The standard InChI is InChI=1S/C13H11BrClFN2/c1-17-13(8-4-10(16)7-18-6-8)11-5-9(14)2-3-12(11)15/h2-7,13,17H,1H3. The molecular weight excluding hydrogens is 319 g/mol. The summed E-state index contributed by atoms with van der Waals surface area (Å²) < 4.78 is 14.1. The second-order valence-corrected chi connectivity index (χ2v) is 5.15. The Morgan fingerprint density at radius 1 is 1.33 bits per heavy atom. The van der Waals surface area contributed by atoms with Crippen LogP contribution in [-0.2, 0) is 0 Å². The summed E-state index contributed by atoms with van der Waals surface area (Å²) in [5.41, 5.74) is 1.61. The third kappa shape index (κ3) is 2.88. The van der Waals surface area contributed by atoms with Crippen LogP contribution in [0.4, 0.5) is 4.39 Å². The molecule has 1 heterocycles. The van der Waals surface area contributed by atoms with Crippen molar-refractivity contribution < 1.29 is 4.39 Å². The van der Waals surface area contributed by atoms with Crippen LogP contribution in [0.3, 0.4) is 0 Å². The van der Waals surface area contributed by atoms with E-state index in [4.69, 9.17) is 11.6 Å². The van der Waals surface area contributed by atoms with Gasteiger partial charge in [-0.3, -0.25) is 4.98 Å². The Bertz CT molecular complexity index is 562. The fourth-order valence-electron chi connectivity index (χ4n) is 1.82. The van der Waals surface area contributed by atoms with Crippen LogP contribution in [0.15, 0.2) is 41.1 Å². The van der Waals surface area contributed by atoms with E-state index in [1.807, 2.05) is 12.1 Å². The molecule has 0 aliphatic rings. The van der Waals surface area contributed by atoms with E-state index in [0.717, 1.165) is 15.6 Å². The smallest absolute Gasteiger partial charge is 0.141 e. The number of halogens is 3. The fourth-order valence-corrected chi connectivity index (χ4v) is 2.43. The van der Waals surface area contributed by atoms with E-state index in [1.165, 1.54) is 12.3 Å². The minimum absolute atomic E-state index is 0.196. The zero-order valence-corrected chi connectivity index (χ0v) is 12.0. The van der Waals surface area contributed by atoms with Crippen LogP contribution in [0, 0.1) is 5.82 Å². The van der Waals surface area contributed by atoms with Gasteiger partial charge in [0.25, 0.3) is 0 Å². The third-order valence-corrected chi connectivity index (χ3v) is 3.45. The predicted molar refractivity (Wildman–Crippen MR) is 74.2 cm³/mol. The molecule has 1 unspecified atom stereocenters. The molecular formula is C13H11BrClFN2. The Hall–Kier alpha value is -0.970. The van der Waals surface area contributed by atoms with Gasteiger partial charge in [-0.25, -0.2) is 4.39 Å². The molecule has 1 N–H and O–H groups in total. The van der Waals surface area contributed by atoms with Gasteiger partial charge in [0.15, 0.2) is 0 Å². The molecule has 0 aliphatic heterocycles. The Labute approximate surface area is 118 Å². The Balaban J connectivity index is 2.48. The lowest BCUT2D eigenvalue weighted by Crippen LogP contribution is -2.18. The number of hydrogen-bond acceptors (Lipinski definition) is 2. The SMILES string of the molecule is CNC(c1cncc(F)c1)c1cc(Br)ccc1Cl. The van der Waals surface area contributed by atoms with Crippen LogP contribution in [0.25, 0.3) is 0 Å². The summed E-state index contributed by atoms with van der Waals surface area (Å²) in [4.78, 5) is 3.86. The zero-order chi connectivity index (χ0) is 13.1. The van der Waals surface area contributed by atoms with Crippen LogP contribution in [0.1, 0.15) is 17.2 Å². The second-order valence-electron chi connectivity index (χ2n) is 3.82. The normalized spacial score (nSPS) is 12.4. The maximum Gasteiger partial charge on any atom is 0.141 e. The lowest BCUT2D eigenvalue weighted by Gasteiger charge is -2.18. The van der Waals surface area contributed by atoms with E-state index >= 15 is 0 Å². The molecule has 2 rings (SSSR count). The highest BCUT2D eigenvalue weighted by Crippen LogP contribution is 2.30. The minimum atomic E-state index is -0.362. The molecule has 1 atom stereocenters. The molecule has 0 bridgehead atoms. The molecule has 0 fully saturated rings. The van der Waals surface area contributed by atoms with E-state index in [1.54, 1.807) is 19.3 Å². The second kappa shape index (κ2) is 5.78. The summed E-state index contributed by atoms with van der Waals surface area (Å²) in [5, 5.41) is 3.74. The quantitative estimate of drug-likeness (QED) is 0.922. The number of aromatic nitrogens is 1. The van der Waals surface area contributed by atoms with E-state index in [0.29, 0.717) is 5.02 Å². The largest absolute Gasteiger partial charge is 0.309 e. The third-order valence-electron chi connectivity index (χ3n) is 2.62. The van der Waals surface area contributed by atoms with Gasteiger partial charge in [-0.15, -0.1) is 0 Å². The van der Waals surface area contributed by atoms with Crippen LogP contribution < -0.4 is 5.32 Å². The summed E-state index contributed by atoms with van der Waals surface area (Å²) >= 11 is 9.59. The molecule has 0 radical (unpaired) electrons. The van der Waals surface area contributed by atoms with Crippen molar-refractivity contribution in [1.29, 1.82) is 0 Å². The first-order valence-corrected chi connectivity index (χ1v) is 6.51. The first kappa shape index (κ1) is 13.5. The highest BCUT2D eigenvalue weighted by atomic mass is 79.9. The van der Waals surface area contributed by atoms with E-state index < -0.39 is 0 Å². The highest BCUT2D eigenvalue weighted by molar-refractivity contribution is 9.10. The first-order valence-electron chi connectivity index (χ1n) is 5.34. The van der Waals surface area contributed by atoms with Crippen molar-refractivity contribution >= 4 is 27.5 Å². The van der Waals surface area contributed by atoms with Crippen LogP contribution in [-0.4, -0.2) is 12.0 Å². The van der Waals surface area contributed by atoms with Crippen molar-refractivity contribution in [2.75, 3.05) is 7.05 Å². The molecule has 18 heavy (non-hydrogen) atoms. The maximum absolute atomic E-state index is 13.2. The van der Waals surface area contributed by atoms with Gasteiger partial charge in [0.2, 0.25) is 0 Å². The molecule has 94 valence electrons. The molecule has 5 heteroatoms. The molecule has 1 aromatic heterocycles. The van der Waals surface area contributed by atoms with Crippen molar-refractivity contribution in [1.82, 2.24) is 10.3 Å². The molecule has 0 saturated carbocycles. The van der Waals surface area contributed by atoms with Gasteiger partial charge in [0.1, 0.15) is 5.82 Å². The predicted octanol–water partition coefficient (Wildman–Crippen LogP) is 3.95. The summed E-state index contributed by atoms with van der Waals surface area (Å²) in [6.45, 7) is 0. The Morgan fingerprint density at radius 3 is 2.78 bits per heavy atom.